The van der Waals surface area contributed by atoms with E-state index in [4.69, 9.17) is 15.2 Å². The Hall–Kier alpha value is -2.07. The molecule has 0 radical (unpaired) electrons. The molecule has 0 saturated heterocycles. The van der Waals surface area contributed by atoms with Crippen LogP contribution in [0.2, 0.25) is 0 Å². The zero-order valence-electron chi connectivity index (χ0n) is 9.60. The van der Waals surface area contributed by atoms with Crippen LogP contribution in [0.4, 0.5) is 4.39 Å². The van der Waals surface area contributed by atoms with Crippen molar-refractivity contribution >= 4 is 0 Å². The number of benzene rings is 2. The number of hydrogen-bond acceptors (Lipinski definition) is 3. The van der Waals surface area contributed by atoms with Crippen molar-refractivity contribution in [3.8, 4) is 17.2 Å². The summed E-state index contributed by atoms with van der Waals surface area (Å²) in [6.45, 7) is 0.331. The highest BCUT2D eigenvalue weighted by atomic mass is 19.1. The first-order valence-electron chi connectivity index (χ1n) is 5.71. The molecule has 1 aliphatic heterocycles. The third-order valence-electron chi connectivity index (χ3n) is 2.87. The van der Waals surface area contributed by atoms with Crippen molar-refractivity contribution in [2.45, 2.75) is 6.10 Å². The van der Waals surface area contributed by atoms with Crippen molar-refractivity contribution in [1.82, 2.24) is 0 Å². The van der Waals surface area contributed by atoms with E-state index in [0.717, 1.165) is 5.56 Å². The Morgan fingerprint density at radius 3 is 2.72 bits per heavy atom. The van der Waals surface area contributed by atoms with Crippen LogP contribution in [0.3, 0.4) is 0 Å². The molecule has 1 atom stereocenters. The molecule has 0 aliphatic carbocycles. The van der Waals surface area contributed by atoms with Crippen molar-refractivity contribution in [2.75, 3.05) is 6.54 Å². The second-order valence-corrected chi connectivity index (χ2v) is 4.07. The molecule has 0 amide bonds. The van der Waals surface area contributed by atoms with E-state index in [2.05, 4.69) is 0 Å². The maximum atomic E-state index is 13.2. The normalized spacial score (nSPS) is 16.9. The molecule has 1 heterocycles. The van der Waals surface area contributed by atoms with Crippen LogP contribution in [0.25, 0.3) is 0 Å². The lowest BCUT2D eigenvalue weighted by Crippen LogP contribution is -2.17. The summed E-state index contributed by atoms with van der Waals surface area (Å²) in [5.41, 5.74) is 6.59. The lowest BCUT2D eigenvalue weighted by molar-refractivity contribution is 0.216. The van der Waals surface area contributed by atoms with E-state index < -0.39 is 0 Å². The molecule has 0 aromatic heterocycles. The van der Waals surface area contributed by atoms with Gasteiger partial charge in [0.05, 0.1) is 0 Å². The van der Waals surface area contributed by atoms with Gasteiger partial charge >= 0.3 is 0 Å². The van der Waals surface area contributed by atoms with Gasteiger partial charge in [0, 0.05) is 18.2 Å². The van der Waals surface area contributed by atoms with Gasteiger partial charge in [-0.2, -0.15) is 0 Å². The second kappa shape index (κ2) is 4.31. The monoisotopic (exact) mass is 245 g/mol. The zero-order valence-corrected chi connectivity index (χ0v) is 9.60. The quantitative estimate of drug-likeness (QED) is 0.839. The molecule has 0 saturated carbocycles. The van der Waals surface area contributed by atoms with Crippen molar-refractivity contribution in [2.24, 2.45) is 5.73 Å². The number of halogens is 1. The first-order valence-corrected chi connectivity index (χ1v) is 5.71. The molecule has 3 nitrogen and oxygen atoms in total. The molecule has 3 rings (SSSR count). The van der Waals surface area contributed by atoms with E-state index in [1.165, 1.54) is 12.1 Å². The molecule has 4 heteroatoms. The molecule has 2 aromatic rings. The van der Waals surface area contributed by atoms with E-state index in [-0.39, 0.29) is 11.9 Å². The van der Waals surface area contributed by atoms with Crippen LogP contribution >= 0.6 is 0 Å². The molecule has 0 spiro atoms. The predicted octanol–water partition coefficient (Wildman–Crippen LogP) is 3.01. The van der Waals surface area contributed by atoms with Gasteiger partial charge in [0.1, 0.15) is 17.7 Å². The van der Waals surface area contributed by atoms with Crippen LogP contribution in [0.5, 0.6) is 17.2 Å². The Kier molecular flexibility index (Phi) is 2.64. The smallest absolute Gasteiger partial charge is 0.172 e. The van der Waals surface area contributed by atoms with Gasteiger partial charge < -0.3 is 15.2 Å². The van der Waals surface area contributed by atoms with E-state index in [1.54, 1.807) is 6.07 Å². The van der Waals surface area contributed by atoms with Gasteiger partial charge in [-0.1, -0.05) is 18.2 Å². The standard InChI is InChI=1S/C14H12FNO2/c15-9-5-6-12-13(7-9)17-11-4-2-1-3-10(11)14(8-16)18-12/h1-7,14H,8,16H2/t14-/m1/s1. The number of rotatable bonds is 1. The predicted molar refractivity (Wildman–Crippen MR) is 65.3 cm³/mol. The Labute approximate surface area is 104 Å². The average Bonchev–Trinajstić information content (AvgIpc) is 2.54. The number of fused-ring (bicyclic) bond motifs is 2. The van der Waals surface area contributed by atoms with Gasteiger partial charge in [-0.3, -0.25) is 0 Å². The summed E-state index contributed by atoms with van der Waals surface area (Å²) in [5, 5.41) is 0. The maximum Gasteiger partial charge on any atom is 0.172 e. The van der Waals surface area contributed by atoms with Crippen LogP contribution < -0.4 is 15.2 Å². The summed E-state index contributed by atoms with van der Waals surface area (Å²) >= 11 is 0. The van der Waals surface area contributed by atoms with Gasteiger partial charge in [0.25, 0.3) is 0 Å². The highest BCUT2D eigenvalue weighted by molar-refractivity contribution is 5.48. The summed E-state index contributed by atoms with van der Waals surface area (Å²) in [6, 6.07) is 11.7. The summed E-state index contributed by atoms with van der Waals surface area (Å²) in [6.07, 6.45) is -0.284. The first kappa shape index (κ1) is 11.0. The van der Waals surface area contributed by atoms with Crippen LogP contribution in [-0.4, -0.2) is 6.54 Å². The zero-order chi connectivity index (χ0) is 12.5. The van der Waals surface area contributed by atoms with Crippen molar-refractivity contribution < 1.29 is 13.9 Å². The van der Waals surface area contributed by atoms with E-state index >= 15 is 0 Å². The molecule has 92 valence electrons. The van der Waals surface area contributed by atoms with Crippen LogP contribution in [0.15, 0.2) is 42.5 Å². The minimum atomic E-state index is -0.360. The fourth-order valence-corrected chi connectivity index (χ4v) is 2.01. The second-order valence-electron chi connectivity index (χ2n) is 4.07. The molecule has 1 aliphatic rings. The molecule has 0 bridgehead atoms. The Bertz CT molecular complexity index is 586. The van der Waals surface area contributed by atoms with Gasteiger partial charge in [-0.05, 0) is 18.2 Å². The first-order chi connectivity index (χ1) is 8.78. The Morgan fingerprint density at radius 1 is 1.06 bits per heavy atom. The number of hydrogen-bond donors (Lipinski definition) is 1. The fourth-order valence-electron chi connectivity index (χ4n) is 2.01. The highest BCUT2D eigenvalue weighted by Gasteiger charge is 2.23. The van der Waals surface area contributed by atoms with E-state index in [1.807, 2.05) is 24.3 Å². The highest BCUT2D eigenvalue weighted by Crippen LogP contribution is 2.41. The SMILES string of the molecule is NC[C@H]1Oc2ccc(F)cc2Oc2ccccc21. The lowest BCUT2D eigenvalue weighted by Gasteiger charge is -2.15. The van der Waals surface area contributed by atoms with Gasteiger partial charge in [0.15, 0.2) is 11.5 Å². The van der Waals surface area contributed by atoms with Gasteiger partial charge in [0.2, 0.25) is 0 Å². The number of para-hydroxylation sites is 1. The molecule has 2 aromatic carbocycles. The fraction of sp³-hybridized carbons (Fsp3) is 0.143. The lowest BCUT2D eigenvalue weighted by atomic mass is 10.1. The molecule has 0 fully saturated rings. The average molecular weight is 245 g/mol. The Morgan fingerprint density at radius 2 is 1.89 bits per heavy atom. The molecule has 2 N–H and O–H groups in total. The Balaban J connectivity index is 2.13. The van der Waals surface area contributed by atoms with Gasteiger partial charge in [-0.25, -0.2) is 4.39 Å². The van der Waals surface area contributed by atoms with E-state index in [0.29, 0.717) is 23.8 Å². The number of nitrogens with two attached hydrogens (primary N) is 1. The molecule has 0 unspecified atom stereocenters. The van der Waals surface area contributed by atoms with Crippen LogP contribution in [0.1, 0.15) is 11.7 Å². The largest absolute Gasteiger partial charge is 0.480 e. The minimum Gasteiger partial charge on any atom is -0.480 e. The summed E-state index contributed by atoms with van der Waals surface area (Å²) in [4.78, 5) is 0. The van der Waals surface area contributed by atoms with Crippen molar-refractivity contribution in [3.05, 3.63) is 53.8 Å². The van der Waals surface area contributed by atoms with Crippen molar-refractivity contribution in [3.63, 3.8) is 0 Å². The molecular formula is C14H12FNO2. The number of ether oxygens (including phenoxy) is 2. The summed E-state index contributed by atoms with van der Waals surface area (Å²) in [7, 11) is 0. The van der Waals surface area contributed by atoms with Gasteiger partial charge in [-0.15, -0.1) is 0 Å². The third kappa shape index (κ3) is 1.80. The molecule has 18 heavy (non-hydrogen) atoms. The topological polar surface area (TPSA) is 44.5 Å². The third-order valence-corrected chi connectivity index (χ3v) is 2.87. The van der Waals surface area contributed by atoms with Crippen LogP contribution in [-0.2, 0) is 0 Å². The van der Waals surface area contributed by atoms with Crippen molar-refractivity contribution in [1.29, 1.82) is 0 Å². The minimum absolute atomic E-state index is 0.284. The van der Waals surface area contributed by atoms with Crippen LogP contribution in [0, 0.1) is 5.82 Å². The summed E-state index contributed by atoms with van der Waals surface area (Å²) < 4.78 is 24.7. The summed E-state index contributed by atoms with van der Waals surface area (Å²) in [5.74, 6) is 1.17. The molecular weight excluding hydrogens is 233 g/mol. The maximum absolute atomic E-state index is 13.2. The van der Waals surface area contributed by atoms with E-state index in [9.17, 15) is 4.39 Å².